The van der Waals surface area contributed by atoms with Crippen molar-refractivity contribution in [3.05, 3.63) is 65.7 Å². The van der Waals surface area contributed by atoms with Crippen LogP contribution in [0.3, 0.4) is 0 Å². The molecular weight excluding hydrogens is 662 g/mol. The molecule has 3 fully saturated rings. The largest absolute Gasteiger partial charge is 0.488 e. The van der Waals surface area contributed by atoms with Gasteiger partial charge in [-0.2, -0.15) is 0 Å². The molecule has 0 spiro atoms. The van der Waals surface area contributed by atoms with Crippen molar-refractivity contribution >= 4 is 35.3 Å². The van der Waals surface area contributed by atoms with Crippen LogP contribution < -0.4 is 26.4 Å². The highest BCUT2D eigenvalue weighted by atomic mass is 16.5. The molecule has 1 saturated heterocycles. The maximum atomic E-state index is 14.4. The van der Waals surface area contributed by atoms with Gasteiger partial charge in [-0.05, 0) is 58.6 Å². The minimum atomic E-state index is -1.11. The van der Waals surface area contributed by atoms with E-state index < -0.39 is 59.1 Å². The topological polar surface area (TPSA) is 177 Å². The monoisotopic (exact) mass is 715 g/mol. The third-order valence-electron chi connectivity index (χ3n) is 10.9. The summed E-state index contributed by atoms with van der Waals surface area (Å²) in [5.41, 5.74) is 5.58. The number of likely N-dealkylation sites (tertiary alicyclic amines) is 1. The molecule has 0 bridgehead atoms. The Kier molecular flexibility index (Phi) is 11.2. The third kappa shape index (κ3) is 8.48. The molecule has 2 aliphatic carbocycles. The number of carbonyl (C=O) groups is 6. The Balaban J connectivity index is 1.31. The lowest BCUT2D eigenvalue weighted by atomic mass is 9.85. The molecule has 5 amide bonds. The van der Waals surface area contributed by atoms with Crippen molar-refractivity contribution in [2.75, 3.05) is 6.54 Å². The van der Waals surface area contributed by atoms with Gasteiger partial charge in [0.25, 0.3) is 5.91 Å². The normalized spacial score (nSPS) is 22.0. The van der Waals surface area contributed by atoms with Crippen LogP contribution in [0.2, 0.25) is 0 Å². The molecule has 2 aromatic rings. The minimum Gasteiger partial charge on any atom is -0.488 e. The number of amides is 5. The van der Waals surface area contributed by atoms with Crippen molar-refractivity contribution in [3.63, 3.8) is 0 Å². The van der Waals surface area contributed by atoms with Gasteiger partial charge in [0.1, 0.15) is 24.4 Å². The van der Waals surface area contributed by atoms with Crippen molar-refractivity contribution in [1.82, 2.24) is 20.9 Å². The van der Waals surface area contributed by atoms with Crippen LogP contribution in [0.1, 0.15) is 83.7 Å². The average Bonchev–Trinajstić information content (AvgIpc) is 3.94. The summed E-state index contributed by atoms with van der Waals surface area (Å²) >= 11 is 0. The molecule has 0 aromatic heterocycles. The second kappa shape index (κ2) is 15.1. The van der Waals surface area contributed by atoms with Crippen LogP contribution in [0.4, 0.5) is 4.79 Å². The number of nitrogens with one attached hydrogen (secondary N) is 3. The van der Waals surface area contributed by atoms with E-state index in [0.29, 0.717) is 24.3 Å². The van der Waals surface area contributed by atoms with Crippen molar-refractivity contribution < 1.29 is 33.5 Å². The van der Waals surface area contributed by atoms with E-state index in [4.69, 9.17) is 10.5 Å². The van der Waals surface area contributed by atoms with Crippen LogP contribution in [0.25, 0.3) is 0 Å². The number of hydrogen-bond acceptors (Lipinski definition) is 7. The van der Waals surface area contributed by atoms with Crippen LogP contribution in [0.15, 0.2) is 54.6 Å². The van der Waals surface area contributed by atoms with E-state index in [1.54, 1.807) is 24.3 Å². The van der Waals surface area contributed by atoms with Gasteiger partial charge in [0, 0.05) is 6.54 Å². The predicted molar refractivity (Wildman–Crippen MR) is 195 cm³/mol. The lowest BCUT2D eigenvalue weighted by Gasteiger charge is -2.38. The van der Waals surface area contributed by atoms with Crippen molar-refractivity contribution in [2.24, 2.45) is 40.2 Å². The van der Waals surface area contributed by atoms with E-state index in [9.17, 15) is 28.8 Å². The Morgan fingerprint density at radius 1 is 0.923 bits per heavy atom. The zero-order valence-corrected chi connectivity index (χ0v) is 31.2. The summed E-state index contributed by atoms with van der Waals surface area (Å²) in [4.78, 5) is 82.0. The van der Waals surface area contributed by atoms with E-state index in [1.807, 2.05) is 78.8 Å². The van der Waals surface area contributed by atoms with Crippen LogP contribution >= 0.6 is 0 Å². The summed E-state index contributed by atoms with van der Waals surface area (Å²) < 4.78 is 6.03. The zero-order chi connectivity index (χ0) is 38.1. The summed E-state index contributed by atoms with van der Waals surface area (Å²) in [5.74, 6) is -3.07. The fraction of sp³-hybridized carbons (Fsp3) is 0.550. The number of ketones is 2. The first-order valence-electron chi connectivity index (χ1n) is 18.2. The van der Waals surface area contributed by atoms with Gasteiger partial charge in [0.05, 0.1) is 17.6 Å². The standard InChI is InChI=1S/C40H53N5O7/c1-22(2)30(32(46)25-15-11-12-16-28(25)52-21-24-13-9-8-10-14-24)43-38(51)44-34(39(3,4)5)37(50)45-20-26-29(40(26,6)7)31(45)36(49)42-27(19-23-17-18-23)33(47)35(41)48/h8-16,22-23,26-27,29-31,34H,17-21H2,1-7H3,(H2,41,48)(H,42,49)(H2,43,44,51)/t26-,27?,29?,30-,31-,34+/m0/s1. The van der Waals surface area contributed by atoms with Gasteiger partial charge < -0.3 is 31.3 Å². The van der Waals surface area contributed by atoms with Crippen molar-refractivity contribution in [1.29, 1.82) is 0 Å². The quantitative estimate of drug-likeness (QED) is 0.159. The number of fused-ring (bicyclic) bond motifs is 1. The first-order chi connectivity index (χ1) is 24.4. The molecule has 280 valence electrons. The number of piperidine rings is 1. The lowest BCUT2D eigenvalue weighted by molar-refractivity contribution is -0.145. The minimum absolute atomic E-state index is 0.0440. The van der Waals surface area contributed by atoms with Gasteiger partial charge in [-0.3, -0.25) is 24.0 Å². The number of benzene rings is 2. The van der Waals surface area contributed by atoms with Crippen LogP contribution in [-0.2, 0) is 25.8 Å². The number of rotatable bonds is 15. The number of nitrogens with two attached hydrogens (primary N) is 1. The van der Waals surface area contributed by atoms with Gasteiger partial charge >= 0.3 is 6.03 Å². The molecular formula is C40H53N5O7. The summed E-state index contributed by atoms with van der Waals surface area (Å²) in [7, 11) is 0. The summed E-state index contributed by atoms with van der Waals surface area (Å²) in [6.45, 7) is 13.7. The number of nitrogens with zero attached hydrogens (tertiary/aromatic N) is 1. The maximum Gasteiger partial charge on any atom is 0.316 e. The van der Waals surface area contributed by atoms with Gasteiger partial charge in [-0.25, -0.2) is 4.79 Å². The molecule has 52 heavy (non-hydrogen) atoms. The van der Waals surface area contributed by atoms with Gasteiger partial charge in [-0.1, -0.05) is 104 Å². The van der Waals surface area contributed by atoms with Gasteiger partial charge in [0.2, 0.25) is 17.6 Å². The third-order valence-corrected chi connectivity index (χ3v) is 10.9. The van der Waals surface area contributed by atoms with Gasteiger partial charge in [-0.15, -0.1) is 0 Å². The molecule has 1 heterocycles. The highest BCUT2D eigenvalue weighted by Gasteiger charge is 2.70. The second-order valence-electron chi connectivity index (χ2n) is 16.6. The molecule has 1 aliphatic heterocycles. The van der Waals surface area contributed by atoms with E-state index in [2.05, 4.69) is 16.0 Å². The number of para-hydroxylation sites is 1. The Hall–Kier alpha value is -4.74. The Morgan fingerprint density at radius 3 is 2.15 bits per heavy atom. The highest BCUT2D eigenvalue weighted by Crippen LogP contribution is 2.65. The Morgan fingerprint density at radius 2 is 1.56 bits per heavy atom. The lowest BCUT2D eigenvalue weighted by Crippen LogP contribution is -2.62. The molecule has 2 saturated carbocycles. The number of hydrogen-bond donors (Lipinski definition) is 4. The second-order valence-corrected chi connectivity index (χ2v) is 16.6. The predicted octanol–water partition coefficient (Wildman–Crippen LogP) is 4.01. The molecule has 12 nitrogen and oxygen atoms in total. The fourth-order valence-electron chi connectivity index (χ4n) is 7.52. The van der Waals surface area contributed by atoms with E-state index in [-0.39, 0.29) is 41.5 Å². The van der Waals surface area contributed by atoms with Crippen LogP contribution in [0, 0.1) is 34.5 Å². The van der Waals surface area contributed by atoms with Crippen LogP contribution in [-0.4, -0.2) is 70.9 Å². The number of primary amides is 1. The molecule has 3 aliphatic rings. The maximum absolute atomic E-state index is 14.4. The van der Waals surface area contributed by atoms with E-state index in [0.717, 1.165) is 18.4 Å². The number of carbonyl (C=O) groups excluding carboxylic acids is 6. The SMILES string of the molecule is CC(C)[C@H](NC(=O)N[C@H](C(=O)N1C[C@H]2C([C@H]1C(=O)NC(CC1CC1)C(=O)C(N)=O)C2(C)C)C(C)(C)C)C(=O)c1ccccc1OCc1ccccc1. The zero-order valence-electron chi connectivity index (χ0n) is 31.2. The molecule has 6 atom stereocenters. The number of ether oxygens (including phenoxy) is 1. The fourth-order valence-corrected chi connectivity index (χ4v) is 7.52. The van der Waals surface area contributed by atoms with Crippen molar-refractivity contribution in [2.45, 2.75) is 98.5 Å². The molecule has 2 aromatic carbocycles. The molecule has 12 heteroatoms. The summed E-state index contributed by atoms with van der Waals surface area (Å²) in [5, 5.41) is 8.42. The molecule has 2 unspecified atom stereocenters. The molecule has 5 rings (SSSR count). The van der Waals surface area contributed by atoms with E-state index >= 15 is 0 Å². The van der Waals surface area contributed by atoms with E-state index in [1.165, 1.54) is 4.90 Å². The first-order valence-corrected chi connectivity index (χ1v) is 18.2. The summed E-state index contributed by atoms with van der Waals surface area (Å²) in [6.07, 6.45) is 2.13. The number of urea groups is 1. The Bertz CT molecular complexity index is 1700. The van der Waals surface area contributed by atoms with Gasteiger partial charge in [0.15, 0.2) is 5.78 Å². The molecule has 5 N–H and O–H groups in total. The average molecular weight is 716 g/mol. The summed E-state index contributed by atoms with van der Waals surface area (Å²) in [6, 6.07) is 11.8. The first kappa shape index (κ1) is 38.5. The molecule has 0 radical (unpaired) electrons. The number of Topliss-reactive ketones (excluding diaryl/α,β-unsaturated/α-hetero) is 2. The van der Waals surface area contributed by atoms with Crippen molar-refractivity contribution in [3.8, 4) is 5.75 Å². The smallest absolute Gasteiger partial charge is 0.316 e. The Labute approximate surface area is 306 Å². The highest BCUT2D eigenvalue weighted by molar-refractivity contribution is 6.37. The van der Waals surface area contributed by atoms with Crippen LogP contribution in [0.5, 0.6) is 5.75 Å².